The molecule has 0 aliphatic carbocycles. The van der Waals surface area contributed by atoms with Gasteiger partial charge in [-0.3, -0.25) is 0 Å². The van der Waals surface area contributed by atoms with Crippen LogP contribution in [0.5, 0.6) is 0 Å². The van der Waals surface area contributed by atoms with Crippen molar-refractivity contribution >= 4 is 5.90 Å². The van der Waals surface area contributed by atoms with E-state index in [2.05, 4.69) is 10.5 Å². The molecule has 1 rings (SSSR count). The van der Waals surface area contributed by atoms with Crippen molar-refractivity contribution in [1.29, 1.82) is 0 Å². The van der Waals surface area contributed by atoms with Gasteiger partial charge in [-0.1, -0.05) is 5.16 Å². The van der Waals surface area contributed by atoms with Gasteiger partial charge in [0.15, 0.2) is 6.23 Å². The zero-order valence-electron chi connectivity index (χ0n) is 9.48. The Morgan fingerprint density at radius 1 is 1.60 bits per heavy atom. The lowest BCUT2D eigenvalue weighted by atomic mass is 10.2. The molecule has 0 aromatic rings. The van der Waals surface area contributed by atoms with Crippen LogP contribution in [0.4, 0.5) is 0 Å². The minimum atomic E-state index is -1.08. The average Bonchev–Trinajstić information content (AvgIpc) is 2.48. The molecule has 0 aromatic carbocycles. The minimum Gasteiger partial charge on any atom is -0.482 e. The lowest BCUT2D eigenvalue weighted by Crippen LogP contribution is -2.43. The largest absolute Gasteiger partial charge is 0.482 e. The van der Waals surface area contributed by atoms with E-state index in [0.717, 1.165) is 0 Å². The summed E-state index contributed by atoms with van der Waals surface area (Å²) in [5.74, 6) is 0.496. The second kappa shape index (κ2) is 4.78. The maximum Gasteiger partial charge on any atom is 0.230 e. The molecule has 1 heterocycles. The second-order valence-corrected chi connectivity index (χ2v) is 4.24. The molecule has 0 saturated carbocycles. The number of nitrogens with zero attached hydrogens (tertiary/aromatic N) is 1. The summed E-state index contributed by atoms with van der Waals surface area (Å²) in [7, 11) is 1.52. The number of hydrogen-bond acceptors (Lipinski definition) is 6. The number of rotatable bonds is 3. The molecule has 2 unspecified atom stereocenters. The third-order valence-electron chi connectivity index (χ3n) is 1.67. The summed E-state index contributed by atoms with van der Waals surface area (Å²) in [6, 6.07) is 0. The van der Waals surface area contributed by atoms with E-state index in [9.17, 15) is 5.11 Å². The van der Waals surface area contributed by atoms with Crippen LogP contribution in [-0.4, -0.2) is 36.4 Å². The van der Waals surface area contributed by atoms with Crippen molar-refractivity contribution < 1.29 is 19.4 Å². The van der Waals surface area contributed by atoms with E-state index in [-0.39, 0.29) is 0 Å². The van der Waals surface area contributed by atoms with E-state index in [1.54, 1.807) is 0 Å². The van der Waals surface area contributed by atoms with Gasteiger partial charge in [-0.05, 0) is 20.8 Å². The molecule has 1 aliphatic rings. The van der Waals surface area contributed by atoms with Gasteiger partial charge in [0.2, 0.25) is 12.3 Å². The predicted molar refractivity (Wildman–Crippen MR) is 53.9 cm³/mol. The Morgan fingerprint density at radius 2 is 2.27 bits per heavy atom. The van der Waals surface area contributed by atoms with Gasteiger partial charge < -0.3 is 19.4 Å². The average molecular weight is 218 g/mol. The smallest absolute Gasteiger partial charge is 0.230 e. The van der Waals surface area contributed by atoms with Gasteiger partial charge in [0, 0.05) is 0 Å². The number of hydrogen-bond donors (Lipinski definition) is 2. The van der Waals surface area contributed by atoms with E-state index < -0.39 is 18.2 Å². The molecule has 2 N–H and O–H groups in total. The number of aliphatic hydroxyl groups is 1. The van der Waals surface area contributed by atoms with Gasteiger partial charge in [0.1, 0.15) is 0 Å². The Morgan fingerprint density at radius 3 is 2.73 bits per heavy atom. The fraction of sp³-hybridized carbons (Fsp3) is 0.889. The summed E-state index contributed by atoms with van der Waals surface area (Å²) >= 11 is 0. The molecule has 0 aromatic heterocycles. The Balaban J connectivity index is 2.26. The highest BCUT2D eigenvalue weighted by molar-refractivity contribution is 5.76. The van der Waals surface area contributed by atoms with Crippen LogP contribution in [0.2, 0.25) is 0 Å². The van der Waals surface area contributed by atoms with Gasteiger partial charge in [-0.25, -0.2) is 5.32 Å². The van der Waals surface area contributed by atoms with Crippen LogP contribution in [0.1, 0.15) is 27.2 Å². The predicted octanol–water partition coefficient (Wildman–Crippen LogP) is 0.373. The Labute approximate surface area is 89.2 Å². The van der Waals surface area contributed by atoms with E-state index in [0.29, 0.717) is 12.3 Å². The van der Waals surface area contributed by atoms with Crippen LogP contribution in [0, 0.1) is 0 Å². The van der Waals surface area contributed by atoms with Crippen LogP contribution in [0.15, 0.2) is 5.16 Å². The molecule has 0 radical (unpaired) electrons. The van der Waals surface area contributed by atoms with Gasteiger partial charge in [0.05, 0.1) is 19.1 Å². The Hall–Kier alpha value is -0.850. The van der Waals surface area contributed by atoms with Crippen LogP contribution in [0.25, 0.3) is 0 Å². The lowest BCUT2D eigenvalue weighted by Gasteiger charge is -2.25. The highest BCUT2D eigenvalue weighted by atomic mass is 16.7. The summed E-state index contributed by atoms with van der Waals surface area (Å²) < 4.78 is 10.1. The summed E-state index contributed by atoms with van der Waals surface area (Å²) in [5.41, 5.74) is -0.421. The summed E-state index contributed by atoms with van der Waals surface area (Å²) in [6.07, 6.45) is -1.01. The molecule has 88 valence electrons. The molecule has 0 fully saturated rings. The second-order valence-electron chi connectivity index (χ2n) is 4.24. The first-order valence-corrected chi connectivity index (χ1v) is 4.79. The molecule has 6 nitrogen and oxygen atoms in total. The van der Waals surface area contributed by atoms with Crippen LogP contribution in [-0.2, 0) is 14.3 Å². The van der Waals surface area contributed by atoms with Crippen molar-refractivity contribution in [3.8, 4) is 0 Å². The Bertz CT molecular complexity index is 237. The van der Waals surface area contributed by atoms with Crippen molar-refractivity contribution in [3.05, 3.63) is 0 Å². The molecule has 15 heavy (non-hydrogen) atoms. The Kier molecular flexibility index (Phi) is 3.90. The highest BCUT2D eigenvalue weighted by Gasteiger charge is 2.25. The van der Waals surface area contributed by atoms with E-state index in [1.165, 1.54) is 7.11 Å². The maximum atomic E-state index is 9.50. The van der Waals surface area contributed by atoms with E-state index >= 15 is 0 Å². The van der Waals surface area contributed by atoms with Gasteiger partial charge in [0.25, 0.3) is 0 Å². The fourth-order valence-electron chi connectivity index (χ4n) is 1.09. The molecule has 6 heteroatoms. The van der Waals surface area contributed by atoms with Gasteiger partial charge in [-0.15, -0.1) is 0 Å². The molecular weight excluding hydrogens is 200 g/mol. The molecule has 1 aliphatic heterocycles. The monoisotopic (exact) mass is 218 g/mol. The van der Waals surface area contributed by atoms with Crippen molar-refractivity contribution in [3.63, 3.8) is 0 Å². The quantitative estimate of drug-likeness (QED) is 0.670. The zero-order chi connectivity index (χ0) is 11.5. The molecule has 0 amide bonds. The molecule has 0 saturated heterocycles. The van der Waals surface area contributed by atoms with Crippen molar-refractivity contribution in [1.82, 2.24) is 5.32 Å². The fourth-order valence-corrected chi connectivity index (χ4v) is 1.09. The summed E-state index contributed by atoms with van der Waals surface area (Å²) in [6.45, 7) is 5.56. The number of methoxy groups -OCH3 is 1. The standard InChI is InChI=1S/C9H18N2O4/c1-9(2,3)14-8(12)10-6-5-7(13-4)11-15-6/h6,8,10,12H,5H2,1-4H3. The topological polar surface area (TPSA) is 72.3 Å². The van der Waals surface area contributed by atoms with E-state index in [4.69, 9.17) is 14.3 Å². The lowest BCUT2D eigenvalue weighted by molar-refractivity contribution is -0.198. The number of oxime groups is 1. The van der Waals surface area contributed by atoms with Crippen LogP contribution in [0.3, 0.4) is 0 Å². The summed E-state index contributed by atoms with van der Waals surface area (Å²) in [4.78, 5) is 4.95. The van der Waals surface area contributed by atoms with Crippen LogP contribution < -0.4 is 5.32 Å². The molecular formula is C9H18N2O4. The number of nitrogens with one attached hydrogen (secondary N) is 1. The first-order chi connectivity index (χ1) is 6.90. The van der Waals surface area contributed by atoms with E-state index in [1.807, 2.05) is 20.8 Å². The third kappa shape index (κ3) is 4.46. The minimum absolute atomic E-state index is 0.405. The number of ether oxygens (including phenoxy) is 2. The molecule has 0 bridgehead atoms. The SMILES string of the molecule is COC1=NOC(NC(O)OC(C)(C)C)C1. The van der Waals surface area contributed by atoms with Gasteiger partial charge in [-0.2, -0.15) is 0 Å². The zero-order valence-corrected chi connectivity index (χ0v) is 9.48. The van der Waals surface area contributed by atoms with Crippen molar-refractivity contribution in [2.24, 2.45) is 5.16 Å². The van der Waals surface area contributed by atoms with Gasteiger partial charge >= 0.3 is 0 Å². The normalized spacial score (nSPS) is 23.3. The van der Waals surface area contributed by atoms with Crippen LogP contribution >= 0.6 is 0 Å². The number of aliphatic hydroxyl groups excluding tert-OH is 1. The first kappa shape index (κ1) is 12.2. The first-order valence-electron chi connectivity index (χ1n) is 4.79. The van der Waals surface area contributed by atoms with Crippen molar-refractivity contribution in [2.75, 3.05) is 7.11 Å². The third-order valence-corrected chi connectivity index (χ3v) is 1.67. The maximum absolute atomic E-state index is 9.50. The summed E-state index contributed by atoms with van der Waals surface area (Å²) in [5, 5.41) is 15.9. The highest BCUT2D eigenvalue weighted by Crippen LogP contribution is 2.12. The molecule has 0 spiro atoms. The van der Waals surface area contributed by atoms with Crippen molar-refractivity contribution in [2.45, 2.75) is 45.4 Å². The molecule has 2 atom stereocenters.